The number of hydrogen-bond donors (Lipinski definition) is 0. The lowest BCUT2D eigenvalue weighted by molar-refractivity contribution is -0.0254. The van der Waals surface area contributed by atoms with Gasteiger partial charge in [-0.15, -0.1) is 0 Å². The average molecular weight is 315 g/mol. The van der Waals surface area contributed by atoms with Crippen LogP contribution in [0.5, 0.6) is 0 Å². The zero-order chi connectivity index (χ0) is 15.2. The molecule has 0 aliphatic carbocycles. The van der Waals surface area contributed by atoms with Crippen molar-refractivity contribution in [2.45, 2.75) is 25.4 Å². The maximum atomic E-state index is 12.4. The number of thiophene rings is 1. The van der Waals surface area contributed by atoms with Gasteiger partial charge >= 0.3 is 0 Å². The molecule has 22 heavy (non-hydrogen) atoms. The molecule has 1 aromatic heterocycles. The molecule has 1 amide bonds. The molecular formula is C18H21NO2S. The zero-order valence-electron chi connectivity index (χ0n) is 12.6. The highest BCUT2D eigenvalue weighted by Gasteiger charge is 2.24. The first-order valence-electron chi connectivity index (χ1n) is 7.80. The lowest BCUT2D eigenvalue weighted by Crippen LogP contribution is -2.45. The number of aryl methyl sites for hydroxylation is 1. The third-order valence-corrected chi connectivity index (χ3v) is 4.71. The molecule has 2 aromatic rings. The van der Waals surface area contributed by atoms with Crippen LogP contribution in [0, 0.1) is 0 Å². The van der Waals surface area contributed by atoms with Crippen molar-refractivity contribution in [3.63, 3.8) is 0 Å². The summed E-state index contributed by atoms with van der Waals surface area (Å²) >= 11 is 1.57. The maximum absolute atomic E-state index is 12.4. The molecule has 1 saturated heterocycles. The second-order valence-electron chi connectivity index (χ2n) is 5.63. The number of amides is 1. The van der Waals surface area contributed by atoms with Crippen molar-refractivity contribution in [3.05, 3.63) is 58.3 Å². The molecule has 4 heteroatoms. The van der Waals surface area contributed by atoms with Crippen LogP contribution in [-0.2, 0) is 11.2 Å². The SMILES string of the molecule is O=C(c1ccsc1)N1CCOC(CCCc2ccccc2)C1. The Morgan fingerprint density at radius 3 is 2.91 bits per heavy atom. The molecule has 1 aliphatic rings. The van der Waals surface area contributed by atoms with Gasteiger partial charge in [0.1, 0.15) is 0 Å². The first-order valence-corrected chi connectivity index (χ1v) is 8.74. The van der Waals surface area contributed by atoms with Crippen LogP contribution in [0.25, 0.3) is 0 Å². The van der Waals surface area contributed by atoms with Crippen LogP contribution in [0.15, 0.2) is 47.2 Å². The number of carbonyl (C=O) groups excluding carboxylic acids is 1. The Kier molecular flexibility index (Phi) is 5.24. The Morgan fingerprint density at radius 1 is 1.27 bits per heavy atom. The van der Waals surface area contributed by atoms with E-state index in [1.54, 1.807) is 11.3 Å². The highest BCUT2D eigenvalue weighted by Crippen LogP contribution is 2.16. The second-order valence-corrected chi connectivity index (χ2v) is 6.41. The molecule has 2 heterocycles. The van der Waals surface area contributed by atoms with Crippen LogP contribution in [-0.4, -0.2) is 36.6 Å². The third-order valence-electron chi connectivity index (χ3n) is 4.03. The molecule has 1 unspecified atom stereocenters. The topological polar surface area (TPSA) is 29.5 Å². The van der Waals surface area contributed by atoms with Gasteiger partial charge in [-0.2, -0.15) is 11.3 Å². The van der Waals surface area contributed by atoms with E-state index in [-0.39, 0.29) is 12.0 Å². The summed E-state index contributed by atoms with van der Waals surface area (Å²) in [5.74, 6) is 0.137. The molecule has 0 radical (unpaired) electrons. The molecule has 1 atom stereocenters. The van der Waals surface area contributed by atoms with Crippen molar-refractivity contribution in [1.29, 1.82) is 0 Å². The average Bonchev–Trinajstić information content (AvgIpc) is 3.10. The van der Waals surface area contributed by atoms with E-state index < -0.39 is 0 Å². The zero-order valence-corrected chi connectivity index (χ0v) is 13.4. The van der Waals surface area contributed by atoms with Crippen LogP contribution >= 0.6 is 11.3 Å². The second kappa shape index (κ2) is 7.56. The predicted octanol–water partition coefficient (Wildman–Crippen LogP) is 3.61. The number of morpholine rings is 1. The Hall–Kier alpha value is -1.65. The Morgan fingerprint density at radius 2 is 2.14 bits per heavy atom. The maximum Gasteiger partial charge on any atom is 0.254 e. The smallest absolute Gasteiger partial charge is 0.254 e. The van der Waals surface area contributed by atoms with E-state index in [1.807, 2.05) is 27.8 Å². The number of ether oxygens (including phenoxy) is 1. The van der Waals surface area contributed by atoms with Crippen LogP contribution < -0.4 is 0 Å². The Labute approximate surface area is 135 Å². The third kappa shape index (κ3) is 3.96. The first kappa shape index (κ1) is 15.3. The molecule has 0 spiro atoms. The highest BCUT2D eigenvalue weighted by molar-refractivity contribution is 7.08. The van der Waals surface area contributed by atoms with Gasteiger partial charge in [0, 0.05) is 18.5 Å². The minimum atomic E-state index is 0.137. The van der Waals surface area contributed by atoms with E-state index in [0.29, 0.717) is 19.7 Å². The van der Waals surface area contributed by atoms with E-state index in [9.17, 15) is 4.79 Å². The summed E-state index contributed by atoms with van der Waals surface area (Å²) in [4.78, 5) is 14.3. The van der Waals surface area contributed by atoms with E-state index >= 15 is 0 Å². The van der Waals surface area contributed by atoms with Gasteiger partial charge in [0.2, 0.25) is 0 Å². The monoisotopic (exact) mass is 315 g/mol. The normalized spacial score (nSPS) is 18.4. The van der Waals surface area contributed by atoms with Gasteiger partial charge in [-0.25, -0.2) is 0 Å². The lowest BCUT2D eigenvalue weighted by Gasteiger charge is -2.33. The number of nitrogens with zero attached hydrogens (tertiary/aromatic N) is 1. The molecular weight excluding hydrogens is 294 g/mol. The number of hydrogen-bond acceptors (Lipinski definition) is 3. The molecule has 3 rings (SSSR count). The molecule has 116 valence electrons. The van der Waals surface area contributed by atoms with E-state index in [1.165, 1.54) is 5.56 Å². The molecule has 1 aromatic carbocycles. The van der Waals surface area contributed by atoms with Gasteiger partial charge in [0.05, 0.1) is 18.3 Å². The van der Waals surface area contributed by atoms with Gasteiger partial charge in [0.15, 0.2) is 0 Å². The van der Waals surface area contributed by atoms with Crippen LogP contribution in [0.1, 0.15) is 28.8 Å². The molecule has 0 saturated carbocycles. The fraction of sp³-hybridized carbons (Fsp3) is 0.389. The van der Waals surface area contributed by atoms with E-state index in [4.69, 9.17) is 4.74 Å². The van der Waals surface area contributed by atoms with Gasteiger partial charge in [-0.05, 0) is 36.3 Å². The van der Waals surface area contributed by atoms with Crippen LogP contribution in [0.3, 0.4) is 0 Å². The summed E-state index contributed by atoms with van der Waals surface area (Å²) in [6, 6.07) is 12.4. The summed E-state index contributed by atoms with van der Waals surface area (Å²) in [7, 11) is 0. The van der Waals surface area contributed by atoms with Crippen LogP contribution in [0.2, 0.25) is 0 Å². The summed E-state index contributed by atoms with van der Waals surface area (Å²) in [6.07, 6.45) is 3.33. The largest absolute Gasteiger partial charge is 0.375 e. The van der Waals surface area contributed by atoms with Gasteiger partial charge in [0.25, 0.3) is 5.91 Å². The molecule has 0 N–H and O–H groups in total. The van der Waals surface area contributed by atoms with E-state index in [2.05, 4.69) is 24.3 Å². The number of rotatable bonds is 5. The van der Waals surface area contributed by atoms with Crippen molar-refractivity contribution in [3.8, 4) is 0 Å². The number of benzene rings is 1. The molecule has 1 aliphatic heterocycles. The first-order chi connectivity index (χ1) is 10.8. The summed E-state index contributed by atoms with van der Waals surface area (Å²) < 4.78 is 5.82. The lowest BCUT2D eigenvalue weighted by atomic mass is 10.0. The van der Waals surface area contributed by atoms with Crippen molar-refractivity contribution in [2.24, 2.45) is 0 Å². The fourth-order valence-corrected chi connectivity index (χ4v) is 3.46. The highest BCUT2D eigenvalue weighted by atomic mass is 32.1. The van der Waals surface area contributed by atoms with Crippen molar-refractivity contribution < 1.29 is 9.53 Å². The Balaban J connectivity index is 1.47. The van der Waals surface area contributed by atoms with Crippen molar-refractivity contribution >= 4 is 17.2 Å². The minimum absolute atomic E-state index is 0.137. The van der Waals surface area contributed by atoms with Crippen LogP contribution in [0.4, 0.5) is 0 Å². The van der Waals surface area contributed by atoms with E-state index in [0.717, 1.165) is 24.8 Å². The number of carbonyl (C=O) groups is 1. The summed E-state index contributed by atoms with van der Waals surface area (Å²) in [5.41, 5.74) is 2.17. The van der Waals surface area contributed by atoms with Gasteiger partial charge in [-0.3, -0.25) is 4.79 Å². The quantitative estimate of drug-likeness (QED) is 0.843. The van der Waals surface area contributed by atoms with Crippen molar-refractivity contribution in [2.75, 3.05) is 19.7 Å². The van der Waals surface area contributed by atoms with Crippen molar-refractivity contribution in [1.82, 2.24) is 4.90 Å². The standard InChI is InChI=1S/C18H21NO2S/c20-18(16-9-12-22-14-16)19-10-11-21-17(13-19)8-4-7-15-5-2-1-3-6-15/h1-3,5-6,9,12,14,17H,4,7-8,10-11,13H2. The summed E-state index contributed by atoms with van der Waals surface area (Å²) in [6.45, 7) is 2.05. The molecule has 3 nitrogen and oxygen atoms in total. The Bertz CT molecular complexity index is 582. The molecule has 0 bridgehead atoms. The van der Waals surface area contributed by atoms with Gasteiger partial charge in [-0.1, -0.05) is 30.3 Å². The molecule has 1 fully saturated rings. The fourth-order valence-electron chi connectivity index (χ4n) is 2.83. The van der Waals surface area contributed by atoms with Gasteiger partial charge < -0.3 is 9.64 Å². The summed E-state index contributed by atoms with van der Waals surface area (Å²) in [5, 5.41) is 3.87. The minimum Gasteiger partial charge on any atom is -0.375 e. The predicted molar refractivity (Wildman–Crippen MR) is 89.3 cm³/mol.